The molecule has 0 amide bonds. The quantitative estimate of drug-likeness (QED) is 0.121. The van der Waals surface area contributed by atoms with E-state index in [9.17, 15) is 4.79 Å². The molecule has 0 bridgehead atoms. The van der Waals surface area contributed by atoms with Crippen molar-refractivity contribution in [2.75, 3.05) is 0 Å². The van der Waals surface area contributed by atoms with Gasteiger partial charge in [0.2, 0.25) is 5.96 Å². The van der Waals surface area contributed by atoms with E-state index < -0.39 is 12.1 Å². The maximum Gasteiger partial charge on any atom is 1.00 e. The largest absolute Gasteiger partial charge is 1.00 e. The number of oxime groups is 1. The standard InChI is InChI=1S/C2H5N3O3.K.H2O.H/c3-1(4)5-8-2(6)7;;;/h(H,6,7)(H4,3,4,5);;1H2;/q;+1;;-1. The van der Waals surface area contributed by atoms with Crippen LogP contribution in [0.2, 0.25) is 0 Å². The van der Waals surface area contributed by atoms with Crippen molar-refractivity contribution in [2.45, 2.75) is 0 Å². The Bertz CT molecular complexity index is 127. The summed E-state index contributed by atoms with van der Waals surface area (Å²) < 4.78 is 0. The maximum atomic E-state index is 9.46. The Morgan fingerprint density at radius 3 is 2.10 bits per heavy atom. The summed E-state index contributed by atoms with van der Waals surface area (Å²) in [6.45, 7) is 0. The summed E-state index contributed by atoms with van der Waals surface area (Å²) in [5.41, 5.74) is 9.36. The molecule has 0 heterocycles. The van der Waals surface area contributed by atoms with Crippen molar-refractivity contribution in [3.8, 4) is 0 Å². The molecule has 0 aliphatic heterocycles. The van der Waals surface area contributed by atoms with Gasteiger partial charge < -0.3 is 23.5 Å². The van der Waals surface area contributed by atoms with Crippen LogP contribution in [-0.4, -0.2) is 22.7 Å². The van der Waals surface area contributed by atoms with Crippen LogP contribution in [0.25, 0.3) is 0 Å². The zero-order chi connectivity index (χ0) is 6.57. The number of carbonyl (C=O) groups is 1. The smallest absolute Gasteiger partial charge is 1.00 e. The van der Waals surface area contributed by atoms with Crippen molar-refractivity contribution >= 4 is 12.1 Å². The molecule has 0 aromatic carbocycles. The van der Waals surface area contributed by atoms with Crippen molar-refractivity contribution in [3.05, 3.63) is 0 Å². The van der Waals surface area contributed by atoms with E-state index in [1.807, 2.05) is 0 Å². The Balaban J connectivity index is -0.0000000817. The fourth-order valence-electron chi connectivity index (χ4n) is 0.0918. The number of nitrogens with zero attached hydrogens (tertiary/aromatic N) is 1. The molecular weight excluding hydrogens is 169 g/mol. The Kier molecular flexibility index (Phi) is 15.2. The topological polar surface area (TPSA) is 142 Å². The second kappa shape index (κ2) is 9.14. The second-order valence-corrected chi connectivity index (χ2v) is 0.873. The Labute approximate surface area is 101 Å². The summed E-state index contributed by atoms with van der Waals surface area (Å²) >= 11 is 0. The predicted molar refractivity (Wildman–Crippen MR) is 29.6 cm³/mol. The van der Waals surface area contributed by atoms with Gasteiger partial charge in [-0.2, -0.15) is 0 Å². The van der Waals surface area contributed by atoms with E-state index in [1.54, 1.807) is 0 Å². The summed E-state index contributed by atoms with van der Waals surface area (Å²) in [6, 6.07) is 0. The minimum atomic E-state index is -1.54. The monoisotopic (exact) mass is 177 g/mol. The molecule has 0 aromatic rings. The van der Waals surface area contributed by atoms with Gasteiger partial charge in [0, 0.05) is 0 Å². The fourth-order valence-corrected chi connectivity index (χ4v) is 0.0918. The van der Waals surface area contributed by atoms with Crippen LogP contribution in [0.5, 0.6) is 0 Å². The van der Waals surface area contributed by atoms with Crippen molar-refractivity contribution in [2.24, 2.45) is 16.6 Å². The van der Waals surface area contributed by atoms with Gasteiger partial charge in [-0.25, -0.2) is 4.79 Å². The summed E-state index contributed by atoms with van der Waals surface area (Å²) in [5.74, 6) is -0.424. The molecule has 0 atom stereocenters. The van der Waals surface area contributed by atoms with Crippen LogP contribution in [0.4, 0.5) is 4.79 Å². The predicted octanol–water partition coefficient (Wildman–Crippen LogP) is -4.84. The summed E-state index contributed by atoms with van der Waals surface area (Å²) in [6.07, 6.45) is -1.54. The van der Waals surface area contributed by atoms with Crippen molar-refractivity contribution in [1.82, 2.24) is 0 Å². The molecule has 0 radical (unpaired) electrons. The molecule has 0 aliphatic carbocycles. The average Bonchev–Trinajstić information content (AvgIpc) is 1.61. The van der Waals surface area contributed by atoms with Crippen molar-refractivity contribution < 1.29 is 73.0 Å². The molecule has 0 rings (SSSR count). The number of carboxylic acid groups (broad SMARTS) is 1. The number of rotatable bonds is 1. The first-order valence-electron chi connectivity index (χ1n) is 1.62. The van der Waals surface area contributed by atoms with Gasteiger partial charge in [-0.3, -0.25) is 4.84 Å². The van der Waals surface area contributed by atoms with Gasteiger partial charge in [0.05, 0.1) is 0 Å². The van der Waals surface area contributed by atoms with Gasteiger partial charge in [0.1, 0.15) is 0 Å². The molecule has 0 saturated carbocycles. The van der Waals surface area contributed by atoms with Crippen LogP contribution >= 0.6 is 0 Å². The van der Waals surface area contributed by atoms with E-state index in [4.69, 9.17) is 5.11 Å². The molecule has 0 unspecified atom stereocenters. The Morgan fingerprint density at radius 1 is 1.60 bits per heavy atom. The van der Waals surface area contributed by atoms with Gasteiger partial charge in [0.25, 0.3) is 0 Å². The molecule has 7 N–H and O–H groups in total. The van der Waals surface area contributed by atoms with Crippen LogP contribution in [0, 0.1) is 0 Å². The molecule has 0 aromatic heterocycles. The van der Waals surface area contributed by atoms with E-state index in [-0.39, 0.29) is 58.3 Å². The average molecular weight is 177 g/mol. The molecule has 7 nitrogen and oxygen atoms in total. The minimum absolute atomic E-state index is 0. The van der Waals surface area contributed by atoms with Crippen molar-refractivity contribution in [1.29, 1.82) is 0 Å². The summed E-state index contributed by atoms with van der Waals surface area (Å²) in [7, 11) is 0. The molecule has 8 heteroatoms. The molecule has 0 fully saturated rings. The first kappa shape index (κ1) is 16.6. The normalized spacial score (nSPS) is 6.00. The number of guanidine groups is 1. The number of nitrogens with two attached hydrogens (primary N) is 2. The SMILES string of the molecule is NC(N)=NOC(=O)O.O.[H-].[K+]. The van der Waals surface area contributed by atoms with E-state index in [2.05, 4.69) is 21.5 Å². The van der Waals surface area contributed by atoms with Crippen LogP contribution < -0.4 is 62.9 Å². The first-order valence-corrected chi connectivity index (χ1v) is 1.62. The molecular formula is C2H8KN3O4. The van der Waals surface area contributed by atoms with Crippen molar-refractivity contribution in [3.63, 3.8) is 0 Å². The third-order valence-electron chi connectivity index (χ3n) is 0.229. The number of hydrogen-bond acceptors (Lipinski definition) is 3. The van der Waals surface area contributed by atoms with Gasteiger partial charge in [-0.1, -0.05) is 0 Å². The van der Waals surface area contributed by atoms with Gasteiger partial charge >= 0.3 is 57.5 Å². The van der Waals surface area contributed by atoms with E-state index in [0.29, 0.717) is 0 Å². The molecule has 0 saturated heterocycles. The first-order chi connectivity index (χ1) is 3.63. The van der Waals surface area contributed by atoms with E-state index in [0.717, 1.165) is 0 Å². The molecule has 10 heavy (non-hydrogen) atoms. The Morgan fingerprint density at radius 2 is 2.00 bits per heavy atom. The van der Waals surface area contributed by atoms with Crippen LogP contribution in [0.1, 0.15) is 1.43 Å². The zero-order valence-electron chi connectivity index (χ0n) is 6.37. The number of hydrogen-bond donors (Lipinski definition) is 3. The molecule has 56 valence electrons. The fraction of sp³-hybridized carbons (Fsp3) is 0. The third kappa shape index (κ3) is 15.7. The summed E-state index contributed by atoms with van der Waals surface area (Å²) in [4.78, 5) is 13.0. The van der Waals surface area contributed by atoms with Crippen LogP contribution in [0.15, 0.2) is 5.16 Å². The van der Waals surface area contributed by atoms with Crippen LogP contribution in [-0.2, 0) is 4.84 Å². The molecule has 0 spiro atoms. The second-order valence-electron chi connectivity index (χ2n) is 0.873. The van der Waals surface area contributed by atoms with Gasteiger partial charge in [0.15, 0.2) is 0 Å². The van der Waals surface area contributed by atoms with Crippen LogP contribution in [0.3, 0.4) is 0 Å². The minimum Gasteiger partial charge on any atom is -1.00 e. The third-order valence-corrected chi connectivity index (χ3v) is 0.229. The van der Waals surface area contributed by atoms with Gasteiger partial charge in [-0.15, -0.1) is 0 Å². The maximum absolute atomic E-state index is 9.46. The zero-order valence-corrected chi connectivity index (χ0v) is 8.49. The van der Waals surface area contributed by atoms with Gasteiger partial charge in [-0.05, 0) is 5.16 Å². The van der Waals surface area contributed by atoms with E-state index in [1.165, 1.54) is 0 Å². The summed E-state index contributed by atoms with van der Waals surface area (Å²) in [5, 5.41) is 10.4. The van der Waals surface area contributed by atoms with E-state index >= 15 is 0 Å². The Hall–Kier alpha value is 0.136. The molecule has 0 aliphatic rings.